The molecule has 1 unspecified atom stereocenters. The van der Waals surface area contributed by atoms with Gasteiger partial charge in [0.25, 0.3) is 15.9 Å². The Kier molecular flexibility index (Phi) is 8.15. The summed E-state index contributed by atoms with van der Waals surface area (Å²) in [6.07, 6.45) is 0.999. The number of hydrogen-bond acceptors (Lipinski definition) is 7. The van der Waals surface area contributed by atoms with Gasteiger partial charge in [-0.1, -0.05) is 53.0 Å². The van der Waals surface area contributed by atoms with Crippen LogP contribution in [0.15, 0.2) is 59.5 Å². The number of rotatable bonds is 7. The van der Waals surface area contributed by atoms with Crippen LogP contribution in [-0.4, -0.2) is 70.9 Å². The number of anilines is 1. The fourth-order valence-corrected chi connectivity index (χ4v) is 8.21. The SMILES string of the molecule is COc1ccc(S(=O)(=O)N2C(=O)C(c3ccccc3Cl)(N3CCC[C@H]3C(=O)N(C)C)c3c2ccc(Cl)c3Cl)c(OC)c1. The van der Waals surface area contributed by atoms with Gasteiger partial charge in [-0.3, -0.25) is 14.5 Å². The monoisotopic (exact) mass is 651 g/mol. The predicted octanol–water partition coefficient (Wildman–Crippen LogP) is 5.20. The van der Waals surface area contributed by atoms with Crippen molar-refractivity contribution in [2.45, 2.75) is 29.3 Å². The zero-order valence-corrected chi connectivity index (χ0v) is 26.3. The van der Waals surface area contributed by atoms with E-state index in [0.717, 1.165) is 0 Å². The molecule has 0 radical (unpaired) electrons. The minimum absolute atomic E-state index is 0.00450. The normalized spacial score (nSPS) is 20.5. The molecule has 0 aliphatic carbocycles. The summed E-state index contributed by atoms with van der Waals surface area (Å²) in [6, 6.07) is 12.9. The third kappa shape index (κ3) is 4.43. The van der Waals surface area contributed by atoms with Crippen LogP contribution < -0.4 is 13.8 Å². The molecule has 3 aromatic carbocycles. The predicted molar refractivity (Wildman–Crippen MR) is 161 cm³/mol. The van der Waals surface area contributed by atoms with Gasteiger partial charge in [-0.2, -0.15) is 0 Å². The van der Waals surface area contributed by atoms with Gasteiger partial charge >= 0.3 is 0 Å². The number of amides is 2. The molecule has 2 heterocycles. The Hall–Kier alpha value is -3.02. The highest BCUT2D eigenvalue weighted by Gasteiger charge is 2.63. The number of halogens is 3. The first-order valence-corrected chi connectivity index (χ1v) is 15.5. The molecule has 0 spiro atoms. The molecule has 5 rings (SSSR count). The smallest absolute Gasteiger partial charge is 0.274 e. The van der Waals surface area contributed by atoms with Gasteiger partial charge in [0.15, 0.2) is 5.54 Å². The summed E-state index contributed by atoms with van der Waals surface area (Å²) in [6.45, 7) is 0.281. The van der Waals surface area contributed by atoms with E-state index in [9.17, 15) is 13.2 Å². The molecule has 1 fully saturated rings. The van der Waals surface area contributed by atoms with E-state index < -0.39 is 27.5 Å². The van der Waals surface area contributed by atoms with Crippen LogP contribution in [0.5, 0.6) is 11.5 Å². The largest absolute Gasteiger partial charge is 0.497 e. The Morgan fingerprint density at radius 3 is 2.36 bits per heavy atom. The Morgan fingerprint density at radius 1 is 1.00 bits per heavy atom. The zero-order valence-electron chi connectivity index (χ0n) is 23.2. The highest BCUT2D eigenvalue weighted by Crippen LogP contribution is 2.57. The minimum atomic E-state index is -4.64. The first kappa shape index (κ1) is 30.4. The third-order valence-electron chi connectivity index (χ3n) is 7.71. The van der Waals surface area contributed by atoms with E-state index in [1.807, 2.05) is 0 Å². The molecule has 0 saturated carbocycles. The van der Waals surface area contributed by atoms with Crippen molar-refractivity contribution in [3.63, 3.8) is 0 Å². The topological polar surface area (TPSA) is 96.5 Å². The number of sulfonamides is 1. The van der Waals surface area contributed by atoms with Crippen molar-refractivity contribution < 1.29 is 27.5 Å². The zero-order chi connectivity index (χ0) is 30.6. The van der Waals surface area contributed by atoms with Crippen molar-refractivity contribution in [2.75, 3.05) is 39.2 Å². The van der Waals surface area contributed by atoms with E-state index >= 15 is 4.79 Å². The lowest BCUT2D eigenvalue weighted by atomic mass is 9.81. The van der Waals surface area contributed by atoms with Crippen LogP contribution in [0.3, 0.4) is 0 Å². The first-order valence-electron chi connectivity index (χ1n) is 13.0. The molecule has 1 saturated heterocycles. The molecule has 3 aromatic rings. The maximum Gasteiger partial charge on any atom is 0.274 e. The standard InChI is InChI=1S/C29H28Cl3N3O6S/c1-33(2)27(36)22-10-7-15-34(22)29(18-8-5-6-9-19(18)30)25-21(13-12-20(31)26(25)32)35(28(29)37)42(38,39)24-14-11-17(40-3)16-23(24)41-4/h5-6,8-9,11-14,16,22H,7,10,15H2,1-4H3/t22-,29?/m0/s1. The maximum absolute atomic E-state index is 15.1. The lowest BCUT2D eigenvalue weighted by Crippen LogP contribution is -2.59. The fourth-order valence-electron chi connectivity index (χ4n) is 5.89. The Bertz CT molecular complexity index is 1700. The molecule has 2 aliphatic heterocycles. The van der Waals surface area contributed by atoms with E-state index in [1.165, 1.54) is 49.5 Å². The Morgan fingerprint density at radius 2 is 1.71 bits per heavy atom. The number of benzene rings is 3. The van der Waals surface area contributed by atoms with Gasteiger partial charge in [0.1, 0.15) is 16.4 Å². The molecular weight excluding hydrogens is 625 g/mol. The average Bonchev–Trinajstić information content (AvgIpc) is 3.56. The molecule has 2 aliphatic rings. The van der Waals surface area contributed by atoms with E-state index in [4.69, 9.17) is 44.3 Å². The summed E-state index contributed by atoms with van der Waals surface area (Å²) in [5, 5.41) is 0.275. The Labute approximate surface area is 259 Å². The first-order chi connectivity index (χ1) is 19.9. The summed E-state index contributed by atoms with van der Waals surface area (Å²) in [5.41, 5.74) is -1.51. The summed E-state index contributed by atoms with van der Waals surface area (Å²) in [5.74, 6) is -0.780. The van der Waals surface area contributed by atoms with Gasteiger partial charge in [0.2, 0.25) is 5.91 Å². The van der Waals surface area contributed by atoms with Crippen molar-refractivity contribution in [3.05, 3.63) is 80.8 Å². The molecular formula is C29H28Cl3N3O6S. The number of hydrogen-bond donors (Lipinski definition) is 0. The summed E-state index contributed by atoms with van der Waals surface area (Å²) < 4.78 is 40.4. The number of carbonyl (C=O) groups is 2. The van der Waals surface area contributed by atoms with Crippen LogP contribution in [0.25, 0.3) is 0 Å². The highest BCUT2D eigenvalue weighted by molar-refractivity contribution is 7.93. The molecule has 0 N–H and O–H groups in total. The number of likely N-dealkylation sites (tertiary alicyclic amines) is 1. The van der Waals surface area contributed by atoms with Crippen LogP contribution >= 0.6 is 34.8 Å². The summed E-state index contributed by atoms with van der Waals surface area (Å²) in [4.78, 5) is 31.5. The van der Waals surface area contributed by atoms with Gasteiger partial charge < -0.3 is 14.4 Å². The van der Waals surface area contributed by atoms with Crippen LogP contribution in [0.2, 0.25) is 15.1 Å². The van der Waals surface area contributed by atoms with Crippen molar-refractivity contribution >= 4 is 62.3 Å². The Balaban J connectivity index is 1.87. The van der Waals surface area contributed by atoms with E-state index in [0.29, 0.717) is 22.9 Å². The number of nitrogens with zero attached hydrogens (tertiary/aromatic N) is 3. The van der Waals surface area contributed by atoms with Gasteiger partial charge in [-0.25, -0.2) is 12.7 Å². The third-order valence-corrected chi connectivity index (χ3v) is 10.6. The van der Waals surface area contributed by atoms with Crippen LogP contribution in [-0.2, 0) is 25.2 Å². The second kappa shape index (κ2) is 11.2. The average molecular weight is 653 g/mol. The van der Waals surface area contributed by atoms with Gasteiger partial charge in [0, 0.05) is 42.9 Å². The van der Waals surface area contributed by atoms with Gasteiger partial charge in [-0.15, -0.1) is 0 Å². The van der Waals surface area contributed by atoms with Gasteiger partial charge in [-0.05, 0) is 43.2 Å². The number of likely N-dealkylation sites (N-methyl/N-ethyl adjacent to an activating group) is 1. The van der Waals surface area contributed by atoms with E-state index in [2.05, 4.69) is 0 Å². The van der Waals surface area contributed by atoms with Crippen LogP contribution in [0.4, 0.5) is 5.69 Å². The lowest BCUT2D eigenvalue weighted by molar-refractivity contribution is -0.138. The van der Waals surface area contributed by atoms with Crippen molar-refractivity contribution in [2.24, 2.45) is 0 Å². The highest BCUT2D eigenvalue weighted by atomic mass is 35.5. The number of methoxy groups -OCH3 is 2. The number of fused-ring (bicyclic) bond motifs is 1. The fraction of sp³-hybridized carbons (Fsp3) is 0.310. The van der Waals surface area contributed by atoms with Crippen LogP contribution in [0.1, 0.15) is 24.0 Å². The number of ether oxygens (including phenoxy) is 2. The quantitative estimate of drug-likeness (QED) is 0.347. The maximum atomic E-state index is 15.1. The van der Waals surface area contributed by atoms with Gasteiger partial charge in [0.05, 0.1) is 36.0 Å². The summed E-state index contributed by atoms with van der Waals surface area (Å²) in [7, 11) is 1.37. The summed E-state index contributed by atoms with van der Waals surface area (Å²) >= 11 is 20.2. The van der Waals surface area contributed by atoms with E-state index in [1.54, 1.807) is 43.3 Å². The van der Waals surface area contributed by atoms with Crippen LogP contribution in [0, 0.1) is 0 Å². The van der Waals surface area contributed by atoms with Crippen molar-refractivity contribution in [3.8, 4) is 11.5 Å². The second-order valence-electron chi connectivity index (χ2n) is 10.1. The molecule has 9 nitrogen and oxygen atoms in total. The molecule has 42 heavy (non-hydrogen) atoms. The van der Waals surface area contributed by atoms with Crippen molar-refractivity contribution in [1.29, 1.82) is 0 Å². The molecule has 0 bridgehead atoms. The molecule has 2 amide bonds. The van der Waals surface area contributed by atoms with E-state index in [-0.39, 0.29) is 55.0 Å². The molecule has 2 atom stereocenters. The molecule has 222 valence electrons. The molecule has 0 aromatic heterocycles. The molecule has 13 heteroatoms. The second-order valence-corrected chi connectivity index (χ2v) is 13.1. The lowest BCUT2D eigenvalue weighted by Gasteiger charge is -2.42. The number of carbonyl (C=O) groups excluding carboxylic acids is 2. The van der Waals surface area contributed by atoms with Crippen molar-refractivity contribution in [1.82, 2.24) is 9.80 Å². The minimum Gasteiger partial charge on any atom is -0.497 e.